The van der Waals surface area contributed by atoms with E-state index >= 15 is 0 Å². The second-order valence-corrected chi connectivity index (χ2v) is 3.63. The van der Waals surface area contributed by atoms with E-state index in [0.717, 1.165) is 28.5 Å². The highest BCUT2D eigenvalue weighted by molar-refractivity contribution is 5.91. The van der Waals surface area contributed by atoms with Gasteiger partial charge >= 0.3 is 0 Å². The van der Waals surface area contributed by atoms with Gasteiger partial charge in [-0.1, -0.05) is 0 Å². The molecule has 2 rings (SSSR count). The van der Waals surface area contributed by atoms with Gasteiger partial charge in [0, 0.05) is 12.4 Å². The van der Waals surface area contributed by atoms with Crippen molar-refractivity contribution >= 4 is 17.2 Å². The standard InChI is InChI=1S/C12H13NO2/c1-8-4-11(15-3)6-9-5-10(7-14)13(2)12(8)9/h4-7H,1-3H3. The lowest BCUT2D eigenvalue weighted by Crippen LogP contribution is -1.95. The topological polar surface area (TPSA) is 31.2 Å². The lowest BCUT2D eigenvalue weighted by Gasteiger charge is -2.05. The lowest BCUT2D eigenvalue weighted by atomic mass is 10.1. The van der Waals surface area contributed by atoms with Gasteiger partial charge in [-0.3, -0.25) is 4.79 Å². The average Bonchev–Trinajstić information content (AvgIpc) is 2.55. The van der Waals surface area contributed by atoms with Crippen molar-refractivity contribution in [3.8, 4) is 5.75 Å². The molecule has 15 heavy (non-hydrogen) atoms. The van der Waals surface area contributed by atoms with Crippen molar-refractivity contribution in [1.82, 2.24) is 4.57 Å². The van der Waals surface area contributed by atoms with Gasteiger partial charge in [0.25, 0.3) is 0 Å². The highest BCUT2D eigenvalue weighted by Crippen LogP contribution is 2.26. The van der Waals surface area contributed by atoms with Crippen LogP contribution in [0.3, 0.4) is 0 Å². The molecule has 0 N–H and O–H groups in total. The van der Waals surface area contributed by atoms with Crippen LogP contribution in [0.4, 0.5) is 0 Å². The van der Waals surface area contributed by atoms with E-state index in [0.29, 0.717) is 5.69 Å². The van der Waals surface area contributed by atoms with Crippen molar-refractivity contribution in [2.24, 2.45) is 7.05 Å². The van der Waals surface area contributed by atoms with E-state index in [2.05, 4.69) is 0 Å². The normalized spacial score (nSPS) is 10.6. The Kier molecular flexibility index (Phi) is 2.23. The predicted octanol–water partition coefficient (Wildman–Crippen LogP) is 2.31. The third-order valence-electron chi connectivity index (χ3n) is 2.69. The summed E-state index contributed by atoms with van der Waals surface area (Å²) in [6.07, 6.45) is 0.867. The molecule has 1 aromatic carbocycles. The van der Waals surface area contributed by atoms with Crippen LogP contribution in [0.15, 0.2) is 18.2 Å². The zero-order chi connectivity index (χ0) is 11.0. The molecular formula is C12H13NO2. The van der Waals surface area contributed by atoms with Gasteiger partial charge < -0.3 is 9.30 Å². The smallest absolute Gasteiger partial charge is 0.166 e. The van der Waals surface area contributed by atoms with Gasteiger partial charge in [-0.05, 0) is 30.7 Å². The monoisotopic (exact) mass is 203 g/mol. The number of aldehydes is 1. The SMILES string of the molecule is COc1cc(C)c2c(c1)cc(C=O)n2C. The van der Waals surface area contributed by atoms with Crippen LogP contribution in [-0.4, -0.2) is 18.0 Å². The lowest BCUT2D eigenvalue weighted by molar-refractivity contribution is 0.111. The molecule has 78 valence electrons. The number of ether oxygens (including phenoxy) is 1. The minimum absolute atomic E-state index is 0.682. The summed E-state index contributed by atoms with van der Waals surface area (Å²) in [7, 11) is 3.54. The summed E-state index contributed by atoms with van der Waals surface area (Å²) < 4.78 is 7.09. The predicted molar refractivity (Wildman–Crippen MR) is 59.6 cm³/mol. The number of rotatable bonds is 2. The maximum Gasteiger partial charge on any atom is 0.166 e. The Balaban J connectivity index is 2.82. The van der Waals surface area contributed by atoms with E-state index in [1.807, 2.05) is 36.7 Å². The van der Waals surface area contributed by atoms with E-state index in [-0.39, 0.29) is 0 Å². The molecule has 0 saturated heterocycles. The Hall–Kier alpha value is -1.77. The summed E-state index contributed by atoms with van der Waals surface area (Å²) in [5.41, 5.74) is 2.87. The Morgan fingerprint density at radius 1 is 1.33 bits per heavy atom. The minimum Gasteiger partial charge on any atom is -0.497 e. The Morgan fingerprint density at radius 3 is 2.67 bits per heavy atom. The number of aromatic nitrogens is 1. The number of carbonyl (C=O) groups excluding carboxylic acids is 1. The van der Waals surface area contributed by atoms with Crippen LogP contribution in [0, 0.1) is 6.92 Å². The summed E-state index contributed by atoms with van der Waals surface area (Å²) in [4.78, 5) is 10.8. The van der Waals surface area contributed by atoms with Crippen molar-refractivity contribution in [3.63, 3.8) is 0 Å². The fraction of sp³-hybridized carbons (Fsp3) is 0.250. The fourth-order valence-electron chi connectivity index (χ4n) is 1.96. The Bertz CT molecular complexity index is 526. The molecule has 2 aromatic rings. The Labute approximate surface area is 88.3 Å². The second-order valence-electron chi connectivity index (χ2n) is 3.63. The molecule has 1 aromatic heterocycles. The van der Waals surface area contributed by atoms with Gasteiger partial charge in [-0.25, -0.2) is 0 Å². The molecule has 0 aliphatic heterocycles. The molecule has 0 aliphatic carbocycles. The molecule has 0 amide bonds. The zero-order valence-corrected chi connectivity index (χ0v) is 9.07. The quantitative estimate of drug-likeness (QED) is 0.701. The van der Waals surface area contributed by atoms with Crippen LogP contribution in [0.25, 0.3) is 10.9 Å². The Morgan fingerprint density at radius 2 is 2.07 bits per heavy atom. The van der Waals surface area contributed by atoms with Crippen molar-refractivity contribution in [2.75, 3.05) is 7.11 Å². The highest BCUT2D eigenvalue weighted by atomic mass is 16.5. The number of hydrogen-bond donors (Lipinski definition) is 0. The van der Waals surface area contributed by atoms with Crippen molar-refractivity contribution in [1.29, 1.82) is 0 Å². The third kappa shape index (κ3) is 1.40. The van der Waals surface area contributed by atoms with Crippen LogP contribution < -0.4 is 4.74 Å². The molecule has 0 aliphatic rings. The highest BCUT2D eigenvalue weighted by Gasteiger charge is 2.08. The van der Waals surface area contributed by atoms with Gasteiger partial charge in [-0.2, -0.15) is 0 Å². The number of nitrogens with zero attached hydrogens (tertiary/aromatic N) is 1. The van der Waals surface area contributed by atoms with Crippen LogP contribution in [0.1, 0.15) is 16.1 Å². The number of fused-ring (bicyclic) bond motifs is 1. The van der Waals surface area contributed by atoms with E-state index in [4.69, 9.17) is 4.74 Å². The summed E-state index contributed by atoms with van der Waals surface area (Å²) in [5.74, 6) is 0.822. The molecule has 0 atom stereocenters. The van der Waals surface area contributed by atoms with Crippen LogP contribution in [0.2, 0.25) is 0 Å². The first-order valence-corrected chi connectivity index (χ1v) is 4.76. The molecule has 0 bridgehead atoms. The van der Waals surface area contributed by atoms with Crippen LogP contribution in [0.5, 0.6) is 5.75 Å². The summed E-state index contributed by atoms with van der Waals surface area (Å²) in [6, 6.07) is 5.78. The molecule has 0 spiro atoms. The van der Waals surface area contributed by atoms with Crippen LogP contribution >= 0.6 is 0 Å². The molecule has 0 saturated carbocycles. The molecule has 0 fully saturated rings. The van der Waals surface area contributed by atoms with Gasteiger partial charge in [0.05, 0.1) is 18.3 Å². The summed E-state index contributed by atoms with van der Waals surface area (Å²) in [6.45, 7) is 2.01. The van der Waals surface area contributed by atoms with E-state index < -0.39 is 0 Å². The maximum atomic E-state index is 10.8. The van der Waals surface area contributed by atoms with E-state index in [9.17, 15) is 4.79 Å². The maximum absolute atomic E-state index is 10.8. The van der Waals surface area contributed by atoms with Crippen molar-refractivity contribution in [3.05, 3.63) is 29.5 Å². The van der Waals surface area contributed by atoms with Gasteiger partial charge in [-0.15, -0.1) is 0 Å². The number of aryl methyl sites for hydroxylation is 2. The average molecular weight is 203 g/mol. The largest absolute Gasteiger partial charge is 0.497 e. The van der Waals surface area contributed by atoms with Crippen LogP contribution in [-0.2, 0) is 7.05 Å². The summed E-state index contributed by atoms with van der Waals surface area (Å²) >= 11 is 0. The molecule has 3 nitrogen and oxygen atoms in total. The zero-order valence-electron chi connectivity index (χ0n) is 9.07. The van der Waals surface area contributed by atoms with Gasteiger partial charge in [0.15, 0.2) is 6.29 Å². The molecule has 0 radical (unpaired) electrons. The van der Waals surface area contributed by atoms with E-state index in [1.165, 1.54) is 0 Å². The first kappa shape index (κ1) is 9.77. The first-order valence-electron chi connectivity index (χ1n) is 4.76. The fourth-order valence-corrected chi connectivity index (χ4v) is 1.96. The number of carbonyl (C=O) groups is 1. The molecular weight excluding hydrogens is 190 g/mol. The van der Waals surface area contributed by atoms with Crippen molar-refractivity contribution < 1.29 is 9.53 Å². The number of benzene rings is 1. The van der Waals surface area contributed by atoms with E-state index in [1.54, 1.807) is 7.11 Å². The van der Waals surface area contributed by atoms with Crippen molar-refractivity contribution in [2.45, 2.75) is 6.92 Å². The first-order chi connectivity index (χ1) is 7.17. The second kappa shape index (κ2) is 3.42. The molecule has 0 unspecified atom stereocenters. The third-order valence-corrected chi connectivity index (χ3v) is 2.69. The number of hydrogen-bond acceptors (Lipinski definition) is 2. The minimum atomic E-state index is 0.682. The summed E-state index contributed by atoms with van der Waals surface area (Å²) in [5, 5.41) is 1.04. The van der Waals surface area contributed by atoms with Gasteiger partial charge in [0.1, 0.15) is 5.75 Å². The van der Waals surface area contributed by atoms with Gasteiger partial charge in [0.2, 0.25) is 0 Å². The molecule has 3 heteroatoms. The molecule has 1 heterocycles. The number of methoxy groups -OCH3 is 1.